The molecule has 1 aliphatic carbocycles. The summed E-state index contributed by atoms with van der Waals surface area (Å²) in [6, 6.07) is 20.7. The number of carbonyl (C=O) groups excluding carboxylic acids is 2. The molecule has 0 atom stereocenters. The average Bonchev–Trinajstić information content (AvgIpc) is 2.78. The van der Waals surface area contributed by atoms with Gasteiger partial charge >= 0.3 is 6.03 Å². The standard InChI is InChI=1S/C27H36N2O4Si/c1-20(18-32-5)25(30)29-26(31)28-22-16-21(17-22)19-33-34(27(2,3)4,23-12-8-6-9-13-23)24-14-10-7-11-15-24/h6-15,18,21-22H,16-17,19H2,1-5H3,(H2,28,29,30,31). The van der Waals surface area contributed by atoms with Crippen molar-refractivity contribution in [1.29, 1.82) is 0 Å². The van der Waals surface area contributed by atoms with Crippen molar-refractivity contribution >= 4 is 30.6 Å². The molecule has 182 valence electrons. The maximum absolute atomic E-state index is 12.2. The van der Waals surface area contributed by atoms with Crippen molar-refractivity contribution in [2.45, 2.75) is 51.6 Å². The molecule has 3 amide bonds. The van der Waals surface area contributed by atoms with Crippen LogP contribution >= 0.6 is 0 Å². The van der Waals surface area contributed by atoms with Gasteiger partial charge in [0.15, 0.2) is 0 Å². The van der Waals surface area contributed by atoms with Gasteiger partial charge in [-0.25, -0.2) is 4.79 Å². The lowest BCUT2D eigenvalue weighted by Crippen LogP contribution is -2.67. The highest BCUT2D eigenvalue weighted by Crippen LogP contribution is 2.38. The van der Waals surface area contributed by atoms with E-state index in [0.29, 0.717) is 18.1 Å². The Kier molecular flexibility index (Phi) is 8.33. The molecular formula is C27H36N2O4Si. The lowest BCUT2D eigenvalue weighted by Gasteiger charge is -2.45. The largest absolute Gasteiger partial charge is 0.504 e. The number of carbonyl (C=O) groups is 2. The number of urea groups is 1. The molecule has 6 nitrogen and oxygen atoms in total. The van der Waals surface area contributed by atoms with Crippen LogP contribution in [0, 0.1) is 5.92 Å². The molecule has 0 aliphatic heterocycles. The fourth-order valence-electron chi connectivity index (χ4n) is 4.65. The highest BCUT2D eigenvalue weighted by atomic mass is 28.4. The number of methoxy groups -OCH3 is 1. The molecule has 1 fully saturated rings. The van der Waals surface area contributed by atoms with Gasteiger partial charge in [0.05, 0.1) is 13.4 Å². The molecule has 0 unspecified atom stereocenters. The van der Waals surface area contributed by atoms with Crippen LogP contribution in [0.1, 0.15) is 40.5 Å². The molecule has 2 aromatic rings. The number of benzene rings is 2. The minimum absolute atomic E-state index is 0.0345. The second-order valence-corrected chi connectivity index (χ2v) is 14.3. The summed E-state index contributed by atoms with van der Waals surface area (Å²) in [7, 11) is -1.09. The molecule has 2 N–H and O–H groups in total. The summed E-state index contributed by atoms with van der Waals surface area (Å²) in [4.78, 5) is 24.1. The normalized spacial score (nSPS) is 18.6. The highest BCUT2D eigenvalue weighted by Gasteiger charge is 2.50. The molecule has 1 saturated carbocycles. The molecule has 7 heteroatoms. The third-order valence-corrected chi connectivity index (χ3v) is 11.4. The third kappa shape index (κ3) is 5.77. The number of ether oxygens (including phenoxy) is 1. The van der Waals surface area contributed by atoms with Gasteiger partial charge in [0, 0.05) is 18.2 Å². The van der Waals surface area contributed by atoms with E-state index in [0.717, 1.165) is 12.8 Å². The van der Waals surface area contributed by atoms with E-state index in [1.807, 2.05) is 12.1 Å². The summed E-state index contributed by atoms with van der Waals surface area (Å²) in [5.74, 6) is -0.108. The number of nitrogens with one attached hydrogen (secondary N) is 2. The highest BCUT2D eigenvalue weighted by molar-refractivity contribution is 6.99. The van der Waals surface area contributed by atoms with Crippen LogP contribution in [-0.2, 0) is 14.0 Å². The Morgan fingerprint density at radius 3 is 2.00 bits per heavy atom. The van der Waals surface area contributed by atoms with Crippen molar-refractivity contribution in [2.75, 3.05) is 13.7 Å². The predicted molar refractivity (Wildman–Crippen MR) is 138 cm³/mol. The zero-order valence-corrected chi connectivity index (χ0v) is 21.8. The Bertz CT molecular complexity index is 957. The van der Waals surface area contributed by atoms with Crippen LogP contribution in [0.25, 0.3) is 0 Å². The van der Waals surface area contributed by atoms with Crippen molar-refractivity contribution in [3.8, 4) is 0 Å². The lowest BCUT2D eigenvalue weighted by atomic mass is 9.81. The number of rotatable bonds is 8. The number of amides is 3. The molecule has 0 saturated heterocycles. The summed E-state index contributed by atoms with van der Waals surface area (Å²) in [6.45, 7) is 9.04. The van der Waals surface area contributed by atoms with Gasteiger partial charge in [-0.3, -0.25) is 10.1 Å². The van der Waals surface area contributed by atoms with Crippen molar-refractivity contribution in [3.05, 3.63) is 72.5 Å². The van der Waals surface area contributed by atoms with Gasteiger partial charge in [0.2, 0.25) is 0 Å². The Labute approximate surface area is 203 Å². The minimum atomic E-state index is -2.55. The quantitative estimate of drug-likeness (QED) is 0.343. The minimum Gasteiger partial charge on any atom is -0.504 e. The maximum atomic E-state index is 12.2. The first-order valence-corrected chi connectivity index (χ1v) is 13.6. The third-order valence-electron chi connectivity index (χ3n) is 6.40. The fraction of sp³-hybridized carbons (Fsp3) is 0.407. The van der Waals surface area contributed by atoms with Crippen molar-refractivity contribution < 1.29 is 18.8 Å². The van der Waals surface area contributed by atoms with Gasteiger partial charge in [0.1, 0.15) is 0 Å². The van der Waals surface area contributed by atoms with E-state index < -0.39 is 20.3 Å². The Balaban J connectivity index is 1.65. The van der Waals surface area contributed by atoms with Crippen LogP contribution in [0.2, 0.25) is 5.04 Å². The first-order valence-electron chi connectivity index (χ1n) is 11.7. The van der Waals surface area contributed by atoms with E-state index >= 15 is 0 Å². The molecule has 0 spiro atoms. The fourth-order valence-corrected chi connectivity index (χ4v) is 9.29. The first-order chi connectivity index (χ1) is 16.2. The number of hydrogen-bond acceptors (Lipinski definition) is 4. The molecular weight excluding hydrogens is 444 g/mol. The lowest BCUT2D eigenvalue weighted by molar-refractivity contribution is -0.116. The van der Waals surface area contributed by atoms with Crippen molar-refractivity contribution in [3.63, 3.8) is 0 Å². The molecule has 34 heavy (non-hydrogen) atoms. The molecule has 2 aromatic carbocycles. The van der Waals surface area contributed by atoms with Gasteiger partial charge in [-0.05, 0) is 41.1 Å². The first kappa shape index (κ1) is 25.7. The number of imide groups is 1. The van der Waals surface area contributed by atoms with Crippen molar-refractivity contribution in [1.82, 2.24) is 10.6 Å². The molecule has 0 heterocycles. The monoisotopic (exact) mass is 480 g/mol. The summed E-state index contributed by atoms with van der Waals surface area (Å²) < 4.78 is 11.8. The zero-order valence-electron chi connectivity index (χ0n) is 20.8. The van der Waals surface area contributed by atoms with Gasteiger partial charge < -0.3 is 14.5 Å². The summed E-state index contributed by atoms with van der Waals surface area (Å²) in [5.41, 5.74) is 0.336. The molecule has 0 radical (unpaired) electrons. The summed E-state index contributed by atoms with van der Waals surface area (Å²) in [6.07, 6.45) is 2.96. The van der Waals surface area contributed by atoms with Crippen LogP contribution in [-0.4, -0.2) is 40.0 Å². The van der Waals surface area contributed by atoms with Crippen molar-refractivity contribution in [2.24, 2.45) is 5.92 Å². The average molecular weight is 481 g/mol. The van der Waals surface area contributed by atoms with Crippen LogP contribution < -0.4 is 21.0 Å². The Morgan fingerprint density at radius 2 is 1.53 bits per heavy atom. The predicted octanol–water partition coefficient (Wildman–Crippen LogP) is 3.72. The van der Waals surface area contributed by atoms with E-state index in [-0.39, 0.29) is 11.1 Å². The topological polar surface area (TPSA) is 76.7 Å². The van der Waals surface area contributed by atoms with Crippen LogP contribution in [0.3, 0.4) is 0 Å². The van der Waals surface area contributed by atoms with Crippen LogP contribution in [0.4, 0.5) is 4.79 Å². The van der Waals surface area contributed by atoms with E-state index in [1.165, 1.54) is 23.7 Å². The second kappa shape index (κ2) is 11.0. The van der Waals surface area contributed by atoms with E-state index in [1.54, 1.807) is 6.92 Å². The molecule has 0 bridgehead atoms. The molecule has 1 aliphatic rings. The smallest absolute Gasteiger partial charge is 0.321 e. The Morgan fingerprint density at radius 1 is 1.00 bits per heavy atom. The number of hydrogen-bond donors (Lipinski definition) is 2. The zero-order chi connectivity index (χ0) is 24.8. The second-order valence-electron chi connectivity index (χ2n) is 9.97. The Hall–Kier alpha value is -2.90. The van der Waals surface area contributed by atoms with Crippen LogP contribution in [0.15, 0.2) is 72.5 Å². The van der Waals surface area contributed by atoms with E-state index in [2.05, 4.69) is 79.9 Å². The van der Waals surface area contributed by atoms with Gasteiger partial charge in [-0.1, -0.05) is 81.4 Å². The van der Waals surface area contributed by atoms with E-state index in [4.69, 9.17) is 9.16 Å². The van der Waals surface area contributed by atoms with Gasteiger partial charge in [-0.2, -0.15) is 0 Å². The SMILES string of the molecule is COC=C(C)C(=O)NC(=O)NC1CC(CO[Si](c2ccccc2)(c2ccccc2)C(C)(C)C)C1. The maximum Gasteiger partial charge on any atom is 0.321 e. The van der Waals surface area contributed by atoms with Crippen LogP contribution in [0.5, 0.6) is 0 Å². The van der Waals surface area contributed by atoms with Gasteiger partial charge in [0.25, 0.3) is 14.2 Å². The molecule has 0 aromatic heterocycles. The summed E-state index contributed by atoms with van der Waals surface area (Å²) in [5, 5.41) is 7.68. The molecule has 3 rings (SSSR count). The summed E-state index contributed by atoms with van der Waals surface area (Å²) >= 11 is 0. The van der Waals surface area contributed by atoms with E-state index in [9.17, 15) is 9.59 Å². The van der Waals surface area contributed by atoms with Gasteiger partial charge in [-0.15, -0.1) is 0 Å².